The normalized spacial score (nSPS) is 52.1. The SMILES string of the molecule is CC(=O)N[C@H]1[C@@H](O)[C@H](O)[C@@H](CO)O[C@H]1[C@@]1(O)[C@H](OC[C@H]2O[C@H](O)[C@H](O)[C@@H](O)[C@@H]2O)O[C@H](C)[C@@H](O)[C@@H]1O. The van der Waals surface area contributed by atoms with E-state index in [4.69, 9.17) is 18.9 Å². The molecule has 0 aromatic heterocycles. The van der Waals surface area contributed by atoms with E-state index in [1.807, 2.05) is 0 Å². The summed E-state index contributed by atoms with van der Waals surface area (Å²) in [4.78, 5) is 11.8. The lowest BCUT2D eigenvalue weighted by Gasteiger charge is -2.55. The van der Waals surface area contributed by atoms with Crippen LogP contribution in [0.15, 0.2) is 0 Å². The molecule has 16 nitrogen and oxygen atoms in total. The maximum Gasteiger partial charge on any atom is 0.217 e. The van der Waals surface area contributed by atoms with Crippen LogP contribution in [0.4, 0.5) is 0 Å². The monoisotopic (exact) mass is 529 g/mol. The molecule has 11 N–H and O–H groups in total. The molecule has 0 saturated carbocycles. The molecule has 3 aliphatic heterocycles. The molecule has 16 heteroatoms. The fraction of sp³-hybridized carbons (Fsp3) is 0.950. The Morgan fingerprint density at radius 1 is 0.861 bits per heavy atom. The number of ether oxygens (including phenoxy) is 4. The van der Waals surface area contributed by atoms with Crippen LogP contribution >= 0.6 is 0 Å². The summed E-state index contributed by atoms with van der Waals surface area (Å²) in [5.41, 5.74) is -2.77. The van der Waals surface area contributed by atoms with Gasteiger partial charge in [-0.3, -0.25) is 4.79 Å². The quantitative estimate of drug-likeness (QED) is 0.153. The van der Waals surface area contributed by atoms with E-state index in [0.717, 1.165) is 6.92 Å². The van der Waals surface area contributed by atoms with Crippen LogP contribution in [0.2, 0.25) is 0 Å². The van der Waals surface area contributed by atoms with Crippen LogP contribution in [0.5, 0.6) is 0 Å². The number of carbonyl (C=O) groups is 1. The predicted octanol–water partition coefficient (Wildman–Crippen LogP) is -7.01. The zero-order chi connectivity index (χ0) is 27.1. The molecule has 0 spiro atoms. The van der Waals surface area contributed by atoms with Crippen LogP contribution in [-0.2, 0) is 23.7 Å². The molecule has 36 heavy (non-hydrogen) atoms. The van der Waals surface area contributed by atoms with Gasteiger partial charge in [0.05, 0.1) is 25.4 Å². The smallest absolute Gasteiger partial charge is 0.217 e. The molecule has 0 aromatic carbocycles. The molecular weight excluding hydrogens is 494 g/mol. The first kappa shape index (κ1) is 29.5. The Bertz CT molecular complexity index is 761. The van der Waals surface area contributed by atoms with Gasteiger partial charge in [-0.05, 0) is 6.92 Å². The molecule has 0 radical (unpaired) electrons. The Morgan fingerprint density at radius 2 is 1.47 bits per heavy atom. The van der Waals surface area contributed by atoms with Crippen LogP contribution in [0.3, 0.4) is 0 Å². The van der Waals surface area contributed by atoms with Crippen LogP contribution < -0.4 is 5.32 Å². The van der Waals surface area contributed by atoms with Crippen molar-refractivity contribution in [2.45, 2.75) is 105 Å². The minimum absolute atomic E-state index is 0.698. The van der Waals surface area contributed by atoms with Gasteiger partial charge in [-0.15, -0.1) is 0 Å². The minimum Gasteiger partial charge on any atom is -0.394 e. The number of aliphatic hydroxyl groups excluding tert-OH is 9. The number of amides is 1. The molecule has 3 heterocycles. The average molecular weight is 529 g/mol. The van der Waals surface area contributed by atoms with E-state index in [1.165, 1.54) is 6.92 Å². The summed E-state index contributed by atoms with van der Waals surface area (Å²) in [7, 11) is 0. The number of hydrogen-bond donors (Lipinski definition) is 11. The molecule has 3 aliphatic rings. The van der Waals surface area contributed by atoms with Gasteiger partial charge >= 0.3 is 0 Å². The third kappa shape index (κ3) is 5.25. The maximum absolute atomic E-state index is 11.8. The standard InChI is InChI=1S/C20H35NO15/c1-5-10(24)16(30)20(32,17-9(21-6(2)23)13(27)11(25)7(3-22)35-17)19(34-5)33-4-8-12(26)14(28)15(29)18(31)36-8/h5,7-19,22,24-32H,3-4H2,1-2H3,(H,21,23)/t5-,7-,8-,9+,10-,11-,12-,13-,14+,15-,16+,17-,18+,19-,20-/m1/s1. The average Bonchev–Trinajstić information content (AvgIpc) is 2.83. The third-order valence-corrected chi connectivity index (χ3v) is 6.85. The van der Waals surface area contributed by atoms with Crippen LogP contribution in [0.1, 0.15) is 13.8 Å². The molecule has 0 bridgehead atoms. The van der Waals surface area contributed by atoms with Gasteiger partial charge in [0.15, 0.2) is 18.2 Å². The van der Waals surface area contributed by atoms with Crippen molar-refractivity contribution in [3.8, 4) is 0 Å². The van der Waals surface area contributed by atoms with E-state index >= 15 is 0 Å². The second-order valence-corrected chi connectivity index (χ2v) is 9.35. The molecule has 0 aliphatic carbocycles. The highest BCUT2D eigenvalue weighted by atomic mass is 16.7. The van der Waals surface area contributed by atoms with Crippen molar-refractivity contribution in [3.05, 3.63) is 0 Å². The third-order valence-electron chi connectivity index (χ3n) is 6.85. The molecular formula is C20H35NO15. The van der Waals surface area contributed by atoms with E-state index in [-0.39, 0.29) is 0 Å². The second-order valence-electron chi connectivity index (χ2n) is 9.35. The van der Waals surface area contributed by atoms with E-state index in [2.05, 4.69) is 5.32 Å². The number of nitrogens with one attached hydrogen (secondary N) is 1. The fourth-order valence-corrected chi connectivity index (χ4v) is 4.69. The van der Waals surface area contributed by atoms with Gasteiger partial charge in [0.2, 0.25) is 5.91 Å². The molecule has 3 fully saturated rings. The van der Waals surface area contributed by atoms with Crippen molar-refractivity contribution in [2.75, 3.05) is 13.2 Å². The maximum atomic E-state index is 11.8. The lowest BCUT2D eigenvalue weighted by molar-refractivity contribution is -0.381. The van der Waals surface area contributed by atoms with E-state index in [0.29, 0.717) is 0 Å². The van der Waals surface area contributed by atoms with E-state index < -0.39 is 110 Å². The van der Waals surface area contributed by atoms with Crippen LogP contribution in [0.25, 0.3) is 0 Å². The fourth-order valence-electron chi connectivity index (χ4n) is 4.69. The van der Waals surface area contributed by atoms with Gasteiger partial charge in [0, 0.05) is 6.92 Å². The van der Waals surface area contributed by atoms with Crippen molar-refractivity contribution in [1.82, 2.24) is 5.32 Å². The number of aliphatic hydroxyl groups is 10. The summed E-state index contributed by atoms with van der Waals surface area (Å²) < 4.78 is 21.7. The van der Waals surface area contributed by atoms with Crippen molar-refractivity contribution >= 4 is 5.91 Å². The molecule has 1 amide bonds. The molecule has 3 rings (SSSR count). The zero-order valence-corrected chi connectivity index (χ0v) is 19.5. The topological polar surface area (TPSA) is 268 Å². The van der Waals surface area contributed by atoms with Crippen molar-refractivity contribution in [3.63, 3.8) is 0 Å². The highest BCUT2D eigenvalue weighted by Gasteiger charge is 2.64. The predicted molar refractivity (Wildman–Crippen MR) is 112 cm³/mol. The Balaban J connectivity index is 1.93. The van der Waals surface area contributed by atoms with Gasteiger partial charge in [-0.1, -0.05) is 0 Å². The van der Waals surface area contributed by atoms with Crippen molar-refractivity contribution in [1.29, 1.82) is 0 Å². The summed E-state index contributed by atoms with van der Waals surface area (Å²) in [6, 6.07) is -1.59. The van der Waals surface area contributed by atoms with Gasteiger partial charge < -0.3 is 75.3 Å². The summed E-state index contributed by atoms with van der Waals surface area (Å²) in [5, 5.41) is 105. The lowest BCUT2D eigenvalue weighted by Crippen LogP contribution is -2.78. The molecule has 0 aromatic rings. The highest BCUT2D eigenvalue weighted by Crippen LogP contribution is 2.40. The molecule has 210 valence electrons. The first-order valence-electron chi connectivity index (χ1n) is 11.4. The first-order chi connectivity index (χ1) is 16.7. The zero-order valence-electron chi connectivity index (χ0n) is 19.5. The molecule has 0 unspecified atom stereocenters. The van der Waals surface area contributed by atoms with Gasteiger partial charge in [-0.25, -0.2) is 0 Å². The Hall–Kier alpha value is -1.09. The second kappa shape index (κ2) is 11.3. The molecule has 3 saturated heterocycles. The van der Waals surface area contributed by atoms with E-state index in [1.54, 1.807) is 0 Å². The minimum atomic E-state index is -2.77. The summed E-state index contributed by atoms with van der Waals surface area (Å²) >= 11 is 0. The number of rotatable bonds is 6. The van der Waals surface area contributed by atoms with Crippen LogP contribution in [0, 0.1) is 0 Å². The van der Waals surface area contributed by atoms with Crippen LogP contribution in [-0.4, -0.2) is 162 Å². The van der Waals surface area contributed by atoms with E-state index in [9.17, 15) is 55.9 Å². The lowest BCUT2D eigenvalue weighted by atomic mass is 9.75. The Labute approximate surface area is 205 Å². The van der Waals surface area contributed by atoms with Gasteiger partial charge in [-0.2, -0.15) is 0 Å². The Kier molecular flexibility index (Phi) is 9.28. The van der Waals surface area contributed by atoms with Crippen molar-refractivity contribution in [2.24, 2.45) is 0 Å². The van der Waals surface area contributed by atoms with Gasteiger partial charge in [0.25, 0.3) is 0 Å². The van der Waals surface area contributed by atoms with Gasteiger partial charge in [0.1, 0.15) is 61.0 Å². The number of carbonyl (C=O) groups excluding carboxylic acids is 1. The number of hydrogen-bond acceptors (Lipinski definition) is 15. The van der Waals surface area contributed by atoms with Crippen molar-refractivity contribution < 1.29 is 74.8 Å². The molecule has 15 atom stereocenters. The highest BCUT2D eigenvalue weighted by molar-refractivity contribution is 5.73. The largest absolute Gasteiger partial charge is 0.394 e. The first-order valence-corrected chi connectivity index (χ1v) is 11.4. The summed E-state index contributed by atoms with van der Waals surface area (Å²) in [5.74, 6) is -0.719. The Morgan fingerprint density at radius 3 is 2.06 bits per heavy atom. The summed E-state index contributed by atoms with van der Waals surface area (Å²) in [6.45, 7) is 0.877. The summed E-state index contributed by atoms with van der Waals surface area (Å²) in [6.07, 6.45) is -22.4.